The number of rotatable bonds is 2. The molecule has 1 saturated heterocycles. The van der Waals surface area contributed by atoms with E-state index in [1.165, 1.54) is 6.42 Å². The molecule has 0 aliphatic carbocycles. The van der Waals surface area contributed by atoms with Crippen LogP contribution in [0.5, 0.6) is 0 Å². The normalized spacial score (nSPS) is 21.9. The lowest BCUT2D eigenvalue weighted by Gasteiger charge is -2.24. The molecule has 66 valence electrons. The average molecular weight is 177 g/mol. The van der Waals surface area contributed by atoms with E-state index >= 15 is 0 Å². The number of piperidine rings is 1. The highest BCUT2D eigenvalue weighted by atomic mass is 32.2. The Morgan fingerprint density at radius 1 is 1.18 bits per heavy atom. The fourth-order valence-corrected chi connectivity index (χ4v) is 2.51. The van der Waals surface area contributed by atoms with E-state index < -0.39 is 10.0 Å². The molecule has 0 aromatic carbocycles. The molecule has 1 fully saturated rings. The van der Waals surface area contributed by atoms with Gasteiger partial charge in [-0.05, 0) is 19.8 Å². The first-order valence-electron chi connectivity index (χ1n) is 4.14. The average Bonchev–Trinajstić information content (AvgIpc) is 2.06. The molecule has 0 unspecified atom stereocenters. The van der Waals surface area contributed by atoms with E-state index in [9.17, 15) is 8.42 Å². The summed E-state index contributed by atoms with van der Waals surface area (Å²) in [6.07, 6.45) is 3.23. The molecule has 4 heteroatoms. The molecule has 0 aromatic heterocycles. The summed E-state index contributed by atoms with van der Waals surface area (Å²) in [4.78, 5) is 0. The topological polar surface area (TPSA) is 37.4 Å². The Morgan fingerprint density at radius 2 is 1.73 bits per heavy atom. The van der Waals surface area contributed by atoms with Gasteiger partial charge in [0.05, 0.1) is 5.75 Å². The molecule has 0 saturated carbocycles. The van der Waals surface area contributed by atoms with Crippen LogP contribution >= 0.6 is 0 Å². The number of hydrogen-bond donors (Lipinski definition) is 0. The van der Waals surface area contributed by atoms with Gasteiger partial charge in [-0.15, -0.1) is 0 Å². The van der Waals surface area contributed by atoms with E-state index in [0.29, 0.717) is 0 Å². The van der Waals surface area contributed by atoms with Crippen molar-refractivity contribution in [3.63, 3.8) is 0 Å². The van der Waals surface area contributed by atoms with E-state index in [1.807, 2.05) is 0 Å². The van der Waals surface area contributed by atoms with Crippen LogP contribution < -0.4 is 0 Å². The minimum atomic E-state index is -2.89. The molecule has 0 aromatic rings. The predicted octanol–water partition coefficient (Wildman–Crippen LogP) is 0.822. The molecule has 1 heterocycles. The second kappa shape index (κ2) is 3.54. The van der Waals surface area contributed by atoms with Crippen LogP contribution in [-0.4, -0.2) is 31.6 Å². The first-order valence-corrected chi connectivity index (χ1v) is 5.75. The third kappa shape index (κ3) is 2.17. The largest absolute Gasteiger partial charge is 0.213 e. The molecule has 1 aliphatic rings. The van der Waals surface area contributed by atoms with Gasteiger partial charge in [-0.25, -0.2) is 12.7 Å². The van der Waals surface area contributed by atoms with Gasteiger partial charge in [0.2, 0.25) is 10.0 Å². The maximum atomic E-state index is 11.3. The van der Waals surface area contributed by atoms with Crippen molar-refractivity contribution in [1.29, 1.82) is 0 Å². The highest BCUT2D eigenvalue weighted by Gasteiger charge is 2.21. The molecule has 1 aliphatic heterocycles. The van der Waals surface area contributed by atoms with Crippen molar-refractivity contribution in [3.8, 4) is 0 Å². The van der Waals surface area contributed by atoms with Crippen molar-refractivity contribution in [2.24, 2.45) is 0 Å². The van der Waals surface area contributed by atoms with Gasteiger partial charge in [-0.3, -0.25) is 0 Å². The van der Waals surface area contributed by atoms with E-state index in [0.717, 1.165) is 25.9 Å². The highest BCUT2D eigenvalue weighted by Crippen LogP contribution is 2.12. The smallest absolute Gasteiger partial charge is 0.212 e. The van der Waals surface area contributed by atoms with Crippen molar-refractivity contribution in [2.45, 2.75) is 26.2 Å². The van der Waals surface area contributed by atoms with Crippen LogP contribution in [0.25, 0.3) is 0 Å². The van der Waals surface area contributed by atoms with Crippen LogP contribution in [-0.2, 0) is 10.0 Å². The molecule has 0 atom stereocenters. The predicted molar refractivity (Wildman–Crippen MR) is 44.9 cm³/mol. The lowest BCUT2D eigenvalue weighted by molar-refractivity contribution is 0.347. The van der Waals surface area contributed by atoms with Crippen LogP contribution in [0.3, 0.4) is 0 Å². The quantitative estimate of drug-likeness (QED) is 0.626. The zero-order valence-electron chi connectivity index (χ0n) is 6.91. The standard InChI is InChI=1S/C7H15NO2S/c1-2-11(9,10)8-6-4-3-5-7-8/h2-7H2,1H3. The Labute approximate surface area is 68.4 Å². The zero-order valence-corrected chi connectivity index (χ0v) is 7.73. The number of nitrogens with zero attached hydrogens (tertiary/aromatic N) is 1. The van der Waals surface area contributed by atoms with Gasteiger partial charge in [0.15, 0.2) is 0 Å². The number of sulfonamides is 1. The van der Waals surface area contributed by atoms with Crippen molar-refractivity contribution in [2.75, 3.05) is 18.8 Å². The van der Waals surface area contributed by atoms with E-state index in [1.54, 1.807) is 11.2 Å². The summed E-state index contributed by atoms with van der Waals surface area (Å²) in [5.74, 6) is 0.243. The molecule has 3 nitrogen and oxygen atoms in total. The molecule has 0 radical (unpaired) electrons. The van der Waals surface area contributed by atoms with Crippen LogP contribution in [0.1, 0.15) is 26.2 Å². The Morgan fingerprint density at radius 3 is 2.18 bits per heavy atom. The Hall–Kier alpha value is -0.0900. The van der Waals surface area contributed by atoms with Crippen molar-refractivity contribution in [1.82, 2.24) is 4.31 Å². The van der Waals surface area contributed by atoms with Crippen LogP contribution in [0, 0.1) is 0 Å². The van der Waals surface area contributed by atoms with E-state index in [2.05, 4.69) is 0 Å². The van der Waals surface area contributed by atoms with Gasteiger partial charge < -0.3 is 0 Å². The van der Waals surface area contributed by atoms with Gasteiger partial charge in [0.25, 0.3) is 0 Å². The van der Waals surface area contributed by atoms with Gasteiger partial charge >= 0.3 is 0 Å². The van der Waals surface area contributed by atoms with Crippen molar-refractivity contribution < 1.29 is 8.42 Å². The molecule has 0 bridgehead atoms. The summed E-state index contributed by atoms with van der Waals surface area (Å²) in [5, 5.41) is 0. The molecular weight excluding hydrogens is 162 g/mol. The van der Waals surface area contributed by atoms with Crippen LogP contribution in [0.4, 0.5) is 0 Å². The third-order valence-electron chi connectivity index (χ3n) is 2.07. The van der Waals surface area contributed by atoms with Gasteiger partial charge in [-0.2, -0.15) is 0 Å². The lowest BCUT2D eigenvalue weighted by atomic mass is 10.2. The molecule has 0 spiro atoms. The number of hydrogen-bond acceptors (Lipinski definition) is 2. The summed E-state index contributed by atoms with van der Waals surface area (Å²) in [6, 6.07) is 0. The van der Waals surface area contributed by atoms with Gasteiger partial charge in [-0.1, -0.05) is 6.42 Å². The molecule has 0 amide bonds. The van der Waals surface area contributed by atoms with Gasteiger partial charge in [0, 0.05) is 13.1 Å². The van der Waals surface area contributed by atoms with Crippen molar-refractivity contribution in [3.05, 3.63) is 0 Å². The monoisotopic (exact) mass is 177 g/mol. The second-order valence-corrected chi connectivity index (χ2v) is 5.12. The Kier molecular flexibility index (Phi) is 2.90. The maximum Gasteiger partial charge on any atom is 0.213 e. The fourth-order valence-electron chi connectivity index (χ4n) is 1.33. The summed E-state index contributed by atoms with van der Waals surface area (Å²) in [7, 11) is -2.89. The Balaban J connectivity index is 2.58. The third-order valence-corrected chi connectivity index (χ3v) is 3.95. The van der Waals surface area contributed by atoms with E-state index in [-0.39, 0.29) is 5.75 Å². The van der Waals surface area contributed by atoms with Crippen LogP contribution in [0.2, 0.25) is 0 Å². The maximum absolute atomic E-state index is 11.3. The highest BCUT2D eigenvalue weighted by molar-refractivity contribution is 7.89. The molecular formula is C7H15NO2S. The minimum Gasteiger partial charge on any atom is -0.212 e. The SMILES string of the molecule is CCS(=O)(=O)N1CCCCC1. The van der Waals surface area contributed by atoms with Crippen LogP contribution in [0.15, 0.2) is 0 Å². The first-order chi connectivity index (χ1) is 5.17. The first kappa shape index (κ1) is 9.00. The van der Waals surface area contributed by atoms with E-state index in [4.69, 9.17) is 0 Å². The molecule has 1 rings (SSSR count). The summed E-state index contributed by atoms with van der Waals surface area (Å²) in [6.45, 7) is 3.16. The molecule has 11 heavy (non-hydrogen) atoms. The Bertz CT molecular complexity index is 204. The second-order valence-electron chi connectivity index (χ2n) is 2.86. The van der Waals surface area contributed by atoms with Gasteiger partial charge in [0.1, 0.15) is 0 Å². The van der Waals surface area contributed by atoms with Crippen molar-refractivity contribution >= 4 is 10.0 Å². The minimum absolute atomic E-state index is 0.243. The molecule has 0 N–H and O–H groups in total. The summed E-state index contributed by atoms with van der Waals surface area (Å²) < 4.78 is 24.2. The fraction of sp³-hybridized carbons (Fsp3) is 1.00. The zero-order chi connectivity index (χ0) is 8.32. The lowest BCUT2D eigenvalue weighted by Crippen LogP contribution is -2.36. The summed E-state index contributed by atoms with van der Waals surface area (Å²) in [5.41, 5.74) is 0. The summed E-state index contributed by atoms with van der Waals surface area (Å²) >= 11 is 0.